The molecule has 0 saturated heterocycles. The molecule has 130 valence electrons. The Morgan fingerprint density at radius 3 is 2.67 bits per heavy atom. The first kappa shape index (κ1) is 18.1. The van der Waals surface area contributed by atoms with Gasteiger partial charge in [-0.15, -0.1) is 0 Å². The first-order chi connectivity index (χ1) is 11.5. The number of amides is 1. The second kappa shape index (κ2) is 8.56. The summed E-state index contributed by atoms with van der Waals surface area (Å²) in [5.41, 5.74) is 1.41. The number of carbonyl (C=O) groups is 1. The van der Waals surface area contributed by atoms with E-state index in [1.54, 1.807) is 22.9 Å². The average Bonchev–Trinajstić information content (AvgIpc) is 2.89. The van der Waals surface area contributed by atoms with E-state index in [0.29, 0.717) is 18.1 Å². The van der Waals surface area contributed by atoms with Crippen molar-refractivity contribution in [2.24, 2.45) is 0 Å². The molecule has 0 saturated carbocycles. The number of nitrogens with one attached hydrogen (secondary N) is 1. The van der Waals surface area contributed by atoms with Crippen LogP contribution in [0.25, 0.3) is 5.69 Å². The summed E-state index contributed by atoms with van der Waals surface area (Å²) in [6.45, 7) is 5.25. The highest BCUT2D eigenvalue weighted by atomic mass is 19.1. The van der Waals surface area contributed by atoms with Crippen LogP contribution in [-0.2, 0) is 4.79 Å². The van der Waals surface area contributed by atoms with Crippen molar-refractivity contribution in [1.29, 1.82) is 0 Å². The molecule has 7 heteroatoms. The van der Waals surface area contributed by atoms with E-state index in [4.69, 9.17) is 5.11 Å². The second-order valence-corrected chi connectivity index (χ2v) is 5.61. The first-order valence-electron chi connectivity index (χ1n) is 7.99. The normalized spacial score (nSPS) is 11.0. The van der Waals surface area contributed by atoms with Gasteiger partial charge in [0.05, 0.1) is 24.5 Å². The second-order valence-electron chi connectivity index (χ2n) is 5.61. The summed E-state index contributed by atoms with van der Waals surface area (Å²) in [4.78, 5) is 14.2. The highest BCUT2D eigenvalue weighted by Crippen LogP contribution is 2.17. The largest absolute Gasteiger partial charge is 0.395 e. The van der Waals surface area contributed by atoms with Crippen LogP contribution in [0.2, 0.25) is 0 Å². The first-order valence-corrected chi connectivity index (χ1v) is 7.99. The molecule has 6 nitrogen and oxygen atoms in total. The van der Waals surface area contributed by atoms with Crippen LogP contribution in [0.15, 0.2) is 30.3 Å². The molecule has 0 spiro atoms. The molecule has 1 amide bonds. The van der Waals surface area contributed by atoms with Crippen LogP contribution in [0.1, 0.15) is 19.0 Å². The van der Waals surface area contributed by atoms with Gasteiger partial charge in [0.25, 0.3) is 0 Å². The van der Waals surface area contributed by atoms with Gasteiger partial charge in [-0.05, 0) is 44.2 Å². The molecular formula is C17H23FN4O2. The number of rotatable bonds is 8. The highest BCUT2D eigenvalue weighted by molar-refractivity contribution is 5.91. The van der Waals surface area contributed by atoms with Crippen LogP contribution >= 0.6 is 0 Å². The average molecular weight is 334 g/mol. The molecule has 0 aliphatic carbocycles. The van der Waals surface area contributed by atoms with Gasteiger partial charge in [-0.1, -0.05) is 6.92 Å². The summed E-state index contributed by atoms with van der Waals surface area (Å²) in [6, 6.07) is 7.67. The van der Waals surface area contributed by atoms with Crippen LogP contribution in [-0.4, -0.2) is 51.9 Å². The third-order valence-corrected chi connectivity index (χ3v) is 3.49. The Labute approximate surface area is 140 Å². The van der Waals surface area contributed by atoms with Crippen molar-refractivity contribution in [2.75, 3.05) is 31.6 Å². The monoisotopic (exact) mass is 334 g/mol. The number of aliphatic hydroxyl groups excluding tert-OH is 1. The van der Waals surface area contributed by atoms with Crippen LogP contribution in [0.5, 0.6) is 0 Å². The van der Waals surface area contributed by atoms with Crippen LogP contribution in [0.3, 0.4) is 0 Å². The summed E-state index contributed by atoms with van der Waals surface area (Å²) in [6.07, 6.45) is 0.903. The molecule has 0 aliphatic heterocycles. The van der Waals surface area contributed by atoms with E-state index in [-0.39, 0.29) is 24.9 Å². The Bertz CT molecular complexity index is 664. The Morgan fingerprint density at radius 1 is 1.33 bits per heavy atom. The Balaban J connectivity index is 2.12. The summed E-state index contributed by atoms with van der Waals surface area (Å²) in [7, 11) is 0. The number of aliphatic hydroxyl groups is 1. The van der Waals surface area contributed by atoms with Gasteiger partial charge in [0.2, 0.25) is 5.91 Å². The number of benzene rings is 1. The number of nitrogens with zero attached hydrogens (tertiary/aromatic N) is 3. The number of anilines is 1. The van der Waals surface area contributed by atoms with Gasteiger partial charge in [0.15, 0.2) is 0 Å². The third-order valence-electron chi connectivity index (χ3n) is 3.49. The lowest BCUT2D eigenvalue weighted by atomic mass is 10.3. The Hall–Kier alpha value is -2.25. The molecule has 0 fully saturated rings. The summed E-state index contributed by atoms with van der Waals surface area (Å²) >= 11 is 0. The zero-order valence-electron chi connectivity index (χ0n) is 14.0. The molecule has 1 aromatic heterocycles. The van der Waals surface area contributed by atoms with Gasteiger partial charge >= 0.3 is 0 Å². The van der Waals surface area contributed by atoms with Gasteiger partial charge in [0.1, 0.15) is 11.6 Å². The standard InChI is InChI=1S/C17H23FN4O2/c1-3-8-21(9-10-23)12-17(24)19-16-11-13(2)20-22(16)15-6-4-14(18)5-7-15/h4-7,11,23H,3,8-10,12H2,1-2H3,(H,19,24). The lowest BCUT2D eigenvalue weighted by molar-refractivity contribution is -0.117. The van der Waals surface area contributed by atoms with E-state index in [1.165, 1.54) is 12.1 Å². The van der Waals surface area contributed by atoms with Gasteiger partial charge < -0.3 is 10.4 Å². The smallest absolute Gasteiger partial charge is 0.239 e. The van der Waals surface area contributed by atoms with Crippen molar-refractivity contribution >= 4 is 11.7 Å². The fourth-order valence-corrected chi connectivity index (χ4v) is 2.48. The maximum absolute atomic E-state index is 13.1. The van der Waals surface area contributed by atoms with Gasteiger partial charge in [-0.2, -0.15) is 5.10 Å². The quantitative estimate of drug-likeness (QED) is 0.774. The molecule has 2 rings (SSSR count). The number of aryl methyl sites for hydroxylation is 1. The molecule has 0 atom stereocenters. The molecule has 0 aliphatic rings. The minimum atomic E-state index is -0.326. The molecule has 0 unspecified atom stereocenters. The molecule has 1 heterocycles. The molecule has 2 N–H and O–H groups in total. The van der Waals surface area contributed by atoms with Crippen molar-refractivity contribution < 1.29 is 14.3 Å². The lowest BCUT2D eigenvalue weighted by Crippen LogP contribution is -2.36. The van der Waals surface area contributed by atoms with Gasteiger partial charge in [-0.3, -0.25) is 9.69 Å². The Kier molecular flexibility index (Phi) is 6.45. The molecule has 0 bridgehead atoms. The number of carbonyl (C=O) groups excluding carboxylic acids is 1. The predicted octanol–water partition coefficient (Wildman–Crippen LogP) is 1.96. The van der Waals surface area contributed by atoms with Crippen LogP contribution < -0.4 is 5.32 Å². The summed E-state index contributed by atoms with van der Waals surface area (Å²) < 4.78 is 14.7. The summed E-state index contributed by atoms with van der Waals surface area (Å²) in [5, 5.41) is 16.2. The maximum atomic E-state index is 13.1. The van der Waals surface area contributed by atoms with Crippen molar-refractivity contribution in [1.82, 2.24) is 14.7 Å². The van der Waals surface area contributed by atoms with E-state index in [0.717, 1.165) is 18.7 Å². The topological polar surface area (TPSA) is 70.4 Å². The molecule has 1 aromatic carbocycles. The fraction of sp³-hybridized carbons (Fsp3) is 0.412. The Morgan fingerprint density at radius 2 is 2.04 bits per heavy atom. The fourth-order valence-electron chi connectivity index (χ4n) is 2.48. The van der Waals surface area contributed by atoms with E-state index < -0.39 is 0 Å². The van der Waals surface area contributed by atoms with E-state index in [2.05, 4.69) is 10.4 Å². The summed E-state index contributed by atoms with van der Waals surface area (Å²) in [5.74, 6) is 0.0251. The molecular weight excluding hydrogens is 311 g/mol. The molecule has 0 radical (unpaired) electrons. The van der Waals surface area contributed by atoms with Crippen LogP contribution in [0, 0.1) is 12.7 Å². The maximum Gasteiger partial charge on any atom is 0.239 e. The zero-order valence-corrected chi connectivity index (χ0v) is 14.0. The van der Waals surface area contributed by atoms with Gasteiger partial charge in [0, 0.05) is 12.6 Å². The van der Waals surface area contributed by atoms with Gasteiger partial charge in [-0.25, -0.2) is 9.07 Å². The van der Waals surface area contributed by atoms with Crippen molar-refractivity contribution in [3.05, 3.63) is 41.8 Å². The van der Waals surface area contributed by atoms with E-state index >= 15 is 0 Å². The third kappa shape index (κ3) is 4.87. The number of aromatic nitrogens is 2. The molecule has 24 heavy (non-hydrogen) atoms. The molecule has 2 aromatic rings. The predicted molar refractivity (Wildman–Crippen MR) is 90.7 cm³/mol. The minimum absolute atomic E-state index is 0.0138. The van der Waals surface area contributed by atoms with E-state index in [9.17, 15) is 9.18 Å². The minimum Gasteiger partial charge on any atom is -0.395 e. The van der Waals surface area contributed by atoms with Crippen LogP contribution in [0.4, 0.5) is 10.2 Å². The van der Waals surface area contributed by atoms with Crippen molar-refractivity contribution in [3.8, 4) is 5.69 Å². The van der Waals surface area contributed by atoms with E-state index in [1.807, 2.05) is 18.7 Å². The number of hydrogen-bond acceptors (Lipinski definition) is 4. The zero-order chi connectivity index (χ0) is 17.5. The van der Waals surface area contributed by atoms with Crippen molar-refractivity contribution in [3.63, 3.8) is 0 Å². The SMILES string of the molecule is CCCN(CCO)CC(=O)Nc1cc(C)nn1-c1ccc(F)cc1. The highest BCUT2D eigenvalue weighted by Gasteiger charge is 2.14. The lowest BCUT2D eigenvalue weighted by Gasteiger charge is -2.19. The number of hydrogen-bond donors (Lipinski definition) is 2. The van der Waals surface area contributed by atoms with Crippen molar-refractivity contribution in [2.45, 2.75) is 20.3 Å². The number of halogens is 1.